The van der Waals surface area contributed by atoms with Gasteiger partial charge in [0.25, 0.3) is 0 Å². The van der Waals surface area contributed by atoms with E-state index in [1.54, 1.807) is 0 Å². The summed E-state index contributed by atoms with van der Waals surface area (Å²) in [5, 5.41) is 25.5. The molecule has 5 heteroatoms. The molecule has 0 saturated heterocycles. The van der Waals surface area contributed by atoms with Crippen molar-refractivity contribution in [1.29, 1.82) is 5.26 Å². The second-order valence-corrected chi connectivity index (χ2v) is 3.22. The van der Waals surface area contributed by atoms with Crippen LogP contribution in [0.4, 0.5) is 0 Å². The number of nitrogens with zero attached hydrogens (tertiary/aromatic N) is 4. The second kappa shape index (κ2) is 4.55. The van der Waals surface area contributed by atoms with Crippen molar-refractivity contribution in [3.63, 3.8) is 0 Å². The van der Waals surface area contributed by atoms with Crippen molar-refractivity contribution in [2.45, 2.75) is 13.2 Å². The molecule has 0 bridgehead atoms. The van der Waals surface area contributed by atoms with Crippen LogP contribution in [-0.4, -0.2) is 20.1 Å². The van der Waals surface area contributed by atoms with Crippen molar-refractivity contribution in [1.82, 2.24) is 15.0 Å². The molecule has 0 aliphatic heterocycles. The highest BCUT2D eigenvalue weighted by atomic mass is 16.3. The molecule has 1 aromatic heterocycles. The Morgan fingerprint density at radius 1 is 1.31 bits per heavy atom. The first-order valence-corrected chi connectivity index (χ1v) is 4.82. The van der Waals surface area contributed by atoms with Crippen LogP contribution in [0.25, 0.3) is 11.3 Å². The molecular formula is C11H10N4O. The van der Waals surface area contributed by atoms with E-state index in [1.165, 1.54) is 4.68 Å². The van der Waals surface area contributed by atoms with Crippen LogP contribution < -0.4 is 0 Å². The Morgan fingerprint density at radius 3 is 2.69 bits per heavy atom. The molecule has 2 rings (SSSR count). The van der Waals surface area contributed by atoms with Crippen molar-refractivity contribution < 1.29 is 5.11 Å². The van der Waals surface area contributed by atoms with Gasteiger partial charge in [0, 0.05) is 5.56 Å². The van der Waals surface area contributed by atoms with Crippen molar-refractivity contribution in [2.75, 3.05) is 0 Å². The maximum Gasteiger partial charge on any atom is 0.130 e. The van der Waals surface area contributed by atoms with E-state index in [-0.39, 0.29) is 13.2 Å². The van der Waals surface area contributed by atoms with E-state index in [1.807, 2.05) is 36.4 Å². The van der Waals surface area contributed by atoms with E-state index in [9.17, 15) is 0 Å². The Morgan fingerprint density at radius 2 is 2.06 bits per heavy atom. The summed E-state index contributed by atoms with van der Waals surface area (Å²) in [6.45, 7) is -0.0626. The molecular weight excluding hydrogens is 204 g/mol. The lowest BCUT2D eigenvalue weighted by Crippen LogP contribution is -2.01. The van der Waals surface area contributed by atoms with Gasteiger partial charge in [-0.1, -0.05) is 35.5 Å². The Labute approximate surface area is 92.6 Å². The van der Waals surface area contributed by atoms with Gasteiger partial charge in [0.1, 0.15) is 12.2 Å². The summed E-state index contributed by atoms with van der Waals surface area (Å²) in [6.07, 6.45) is 0. The Hall–Kier alpha value is -2.19. The zero-order valence-corrected chi connectivity index (χ0v) is 8.54. The average Bonchev–Trinajstić information content (AvgIpc) is 2.74. The predicted molar refractivity (Wildman–Crippen MR) is 57.0 cm³/mol. The van der Waals surface area contributed by atoms with E-state index < -0.39 is 0 Å². The van der Waals surface area contributed by atoms with Gasteiger partial charge in [0.15, 0.2) is 0 Å². The number of rotatable bonds is 3. The second-order valence-electron chi connectivity index (χ2n) is 3.22. The fourth-order valence-electron chi connectivity index (χ4n) is 1.54. The SMILES string of the molecule is N#CCn1nnc(CO)c1-c1ccccc1. The molecule has 1 heterocycles. The third-order valence-corrected chi connectivity index (χ3v) is 2.22. The maximum atomic E-state index is 9.16. The lowest BCUT2D eigenvalue weighted by Gasteiger charge is -2.03. The molecule has 5 nitrogen and oxygen atoms in total. The van der Waals surface area contributed by atoms with Gasteiger partial charge in [-0.2, -0.15) is 5.26 Å². The van der Waals surface area contributed by atoms with Crippen LogP contribution in [0.1, 0.15) is 5.69 Å². The summed E-state index contributed by atoms with van der Waals surface area (Å²) < 4.78 is 1.49. The molecule has 0 atom stereocenters. The number of aliphatic hydroxyl groups excluding tert-OH is 1. The standard InChI is InChI=1S/C11H10N4O/c12-6-7-15-11(10(8-16)13-14-15)9-4-2-1-3-5-9/h1-5,16H,7-8H2. The first-order valence-electron chi connectivity index (χ1n) is 4.82. The monoisotopic (exact) mass is 214 g/mol. The van der Waals surface area contributed by atoms with Gasteiger partial charge in [-0.05, 0) is 0 Å². The van der Waals surface area contributed by atoms with E-state index in [0.29, 0.717) is 11.4 Å². The Balaban J connectivity index is 2.53. The molecule has 0 spiro atoms. The summed E-state index contributed by atoms with van der Waals surface area (Å²) in [5.41, 5.74) is 2.08. The lowest BCUT2D eigenvalue weighted by molar-refractivity contribution is 0.277. The minimum Gasteiger partial charge on any atom is -0.390 e. The predicted octanol–water partition coefficient (Wildman–Crippen LogP) is 0.961. The molecule has 0 amide bonds. The number of aliphatic hydroxyl groups is 1. The summed E-state index contributed by atoms with van der Waals surface area (Å²) >= 11 is 0. The van der Waals surface area contributed by atoms with E-state index in [4.69, 9.17) is 10.4 Å². The smallest absolute Gasteiger partial charge is 0.130 e. The van der Waals surface area contributed by atoms with Crippen molar-refractivity contribution in [2.24, 2.45) is 0 Å². The summed E-state index contributed by atoms with van der Waals surface area (Å²) in [6, 6.07) is 11.5. The van der Waals surface area contributed by atoms with Crippen molar-refractivity contribution >= 4 is 0 Å². The molecule has 0 aliphatic rings. The van der Waals surface area contributed by atoms with Crippen LogP contribution >= 0.6 is 0 Å². The molecule has 0 unspecified atom stereocenters. The van der Waals surface area contributed by atoms with Crippen LogP contribution in [0.5, 0.6) is 0 Å². The van der Waals surface area contributed by atoms with Crippen molar-refractivity contribution in [3.8, 4) is 17.3 Å². The van der Waals surface area contributed by atoms with E-state index in [2.05, 4.69) is 10.3 Å². The third kappa shape index (κ3) is 1.78. The molecule has 0 radical (unpaired) electrons. The molecule has 16 heavy (non-hydrogen) atoms. The summed E-state index contributed by atoms with van der Waals surface area (Å²) in [5.74, 6) is 0. The number of aromatic nitrogens is 3. The fourth-order valence-corrected chi connectivity index (χ4v) is 1.54. The molecule has 1 aromatic carbocycles. The fraction of sp³-hybridized carbons (Fsp3) is 0.182. The zero-order valence-electron chi connectivity index (χ0n) is 8.54. The highest BCUT2D eigenvalue weighted by Crippen LogP contribution is 2.21. The largest absolute Gasteiger partial charge is 0.390 e. The Kier molecular flexibility index (Phi) is 2.94. The van der Waals surface area contributed by atoms with Crippen LogP contribution in [0.2, 0.25) is 0 Å². The number of nitriles is 1. The third-order valence-electron chi connectivity index (χ3n) is 2.22. The maximum absolute atomic E-state index is 9.16. The van der Waals surface area contributed by atoms with E-state index in [0.717, 1.165) is 5.56 Å². The number of hydrogen-bond donors (Lipinski definition) is 1. The van der Waals surface area contributed by atoms with Crippen LogP contribution in [-0.2, 0) is 13.2 Å². The minimum absolute atomic E-state index is 0.122. The Bertz CT molecular complexity index is 513. The molecule has 0 saturated carbocycles. The first kappa shape index (κ1) is 10.3. The van der Waals surface area contributed by atoms with Gasteiger partial charge in [-0.25, -0.2) is 4.68 Å². The van der Waals surface area contributed by atoms with Crippen LogP contribution in [0, 0.1) is 11.3 Å². The summed E-state index contributed by atoms with van der Waals surface area (Å²) in [4.78, 5) is 0. The topological polar surface area (TPSA) is 74.7 Å². The van der Waals surface area contributed by atoms with Gasteiger partial charge >= 0.3 is 0 Å². The summed E-state index contributed by atoms with van der Waals surface area (Å²) in [7, 11) is 0. The van der Waals surface area contributed by atoms with Crippen molar-refractivity contribution in [3.05, 3.63) is 36.0 Å². The van der Waals surface area contributed by atoms with Gasteiger partial charge in [0.2, 0.25) is 0 Å². The molecule has 80 valence electrons. The normalized spacial score (nSPS) is 10.0. The van der Waals surface area contributed by atoms with Crippen LogP contribution in [0.3, 0.4) is 0 Å². The molecule has 2 aromatic rings. The molecule has 0 fully saturated rings. The lowest BCUT2D eigenvalue weighted by atomic mass is 10.1. The highest BCUT2D eigenvalue weighted by molar-refractivity contribution is 5.61. The number of benzene rings is 1. The zero-order chi connectivity index (χ0) is 11.4. The average molecular weight is 214 g/mol. The van der Waals surface area contributed by atoms with Gasteiger partial charge in [-0.3, -0.25) is 0 Å². The van der Waals surface area contributed by atoms with Crippen LogP contribution in [0.15, 0.2) is 30.3 Å². The molecule has 0 aliphatic carbocycles. The molecule has 1 N–H and O–H groups in total. The minimum atomic E-state index is -0.185. The van der Waals surface area contributed by atoms with E-state index >= 15 is 0 Å². The van der Waals surface area contributed by atoms with Gasteiger partial charge < -0.3 is 5.11 Å². The number of hydrogen-bond acceptors (Lipinski definition) is 4. The first-order chi connectivity index (χ1) is 7.86. The highest BCUT2D eigenvalue weighted by Gasteiger charge is 2.13. The van der Waals surface area contributed by atoms with Gasteiger partial charge in [0.05, 0.1) is 18.4 Å². The quantitative estimate of drug-likeness (QED) is 0.825. The van der Waals surface area contributed by atoms with Gasteiger partial charge in [-0.15, -0.1) is 5.10 Å².